The predicted molar refractivity (Wildman–Crippen MR) is 131 cm³/mol. The Morgan fingerprint density at radius 2 is 1.74 bits per heavy atom. The zero-order chi connectivity index (χ0) is 24.9. The minimum absolute atomic E-state index is 0.00163. The summed E-state index contributed by atoms with van der Waals surface area (Å²) in [6.45, 7) is 1.83. The van der Waals surface area contributed by atoms with Crippen LogP contribution >= 0.6 is 23.2 Å². The fourth-order valence-corrected chi connectivity index (χ4v) is 4.28. The van der Waals surface area contributed by atoms with Crippen LogP contribution < -0.4 is 14.2 Å². The van der Waals surface area contributed by atoms with E-state index in [2.05, 4.69) is 5.32 Å². The van der Waals surface area contributed by atoms with Gasteiger partial charge in [-0.05, 0) is 55.0 Å². The van der Waals surface area contributed by atoms with Crippen LogP contribution in [0.1, 0.15) is 11.1 Å². The number of anilines is 1. The lowest BCUT2D eigenvalue weighted by atomic mass is 10.1. The molecule has 0 saturated heterocycles. The fourth-order valence-electron chi connectivity index (χ4n) is 2.83. The molecule has 0 aliphatic rings. The molecule has 174 valence electrons. The van der Waals surface area contributed by atoms with Crippen molar-refractivity contribution in [1.82, 2.24) is 0 Å². The summed E-state index contributed by atoms with van der Waals surface area (Å²) in [4.78, 5) is 12.5. The lowest BCUT2D eigenvalue weighted by Gasteiger charge is -2.13. The maximum absolute atomic E-state index is 12.7. The number of rotatable bonds is 7. The molecule has 7 nitrogen and oxygen atoms in total. The minimum Gasteiger partial charge on any atom is -0.493 e. The minimum atomic E-state index is -4.19. The molecule has 0 aliphatic heterocycles. The Morgan fingerprint density at radius 3 is 2.35 bits per heavy atom. The number of aryl methyl sites for hydroxylation is 1. The third-order valence-corrected chi connectivity index (χ3v) is 6.40. The van der Waals surface area contributed by atoms with Gasteiger partial charge in [0.25, 0.3) is 5.91 Å². The van der Waals surface area contributed by atoms with Crippen LogP contribution in [0.25, 0.3) is 6.08 Å². The van der Waals surface area contributed by atoms with Crippen LogP contribution in [-0.4, -0.2) is 21.4 Å². The number of carbonyl (C=O) groups excluding carboxylic acids is 1. The van der Waals surface area contributed by atoms with E-state index in [4.69, 9.17) is 32.1 Å². The van der Waals surface area contributed by atoms with Crippen molar-refractivity contribution in [2.24, 2.45) is 0 Å². The van der Waals surface area contributed by atoms with Gasteiger partial charge >= 0.3 is 10.1 Å². The molecule has 0 fully saturated rings. The number of ether oxygens (including phenoxy) is 1. The summed E-state index contributed by atoms with van der Waals surface area (Å²) in [7, 11) is -2.88. The third-order valence-electron chi connectivity index (χ3n) is 4.55. The summed E-state index contributed by atoms with van der Waals surface area (Å²) in [6.07, 6.45) is 1.28. The zero-order valence-electron chi connectivity index (χ0n) is 18.0. The van der Waals surface area contributed by atoms with Crippen molar-refractivity contribution in [3.8, 4) is 17.6 Å². The highest BCUT2D eigenvalue weighted by Crippen LogP contribution is 2.39. The van der Waals surface area contributed by atoms with Crippen LogP contribution in [0.2, 0.25) is 10.0 Å². The number of amides is 1. The van der Waals surface area contributed by atoms with E-state index >= 15 is 0 Å². The molecule has 0 aliphatic carbocycles. The first-order valence-corrected chi connectivity index (χ1v) is 11.9. The molecular weight excluding hydrogens is 499 g/mol. The Hall–Kier alpha value is -3.51. The van der Waals surface area contributed by atoms with E-state index in [9.17, 15) is 18.5 Å². The van der Waals surface area contributed by atoms with E-state index in [0.717, 1.165) is 5.56 Å². The Bertz CT molecular complexity index is 1410. The molecule has 34 heavy (non-hydrogen) atoms. The van der Waals surface area contributed by atoms with Gasteiger partial charge in [0, 0.05) is 0 Å². The van der Waals surface area contributed by atoms with Gasteiger partial charge in [0.1, 0.15) is 16.5 Å². The number of benzene rings is 3. The normalized spacial score (nSPS) is 11.4. The van der Waals surface area contributed by atoms with E-state index in [-0.39, 0.29) is 27.0 Å². The molecule has 1 amide bonds. The van der Waals surface area contributed by atoms with Gasteiger partial charge in [0.05, 0.1) is 22.8 Å². The van der Waals surface area contributed by atoms with Gasteiger partial charge in [-0.25, -0.2) is 0 Å². The van der Waals surface area contributed by atoms with E-state index < -0.39 is 16.0 Å². The zero-order valence-corrected chi connectivity index (χ0v) is 20.3. The van der Waals surface area contributed by atoms with Gasteiger partial charge < -0.3 is 14.2 Å². The first-order chi connectivity index (χ1) is 16.1. The van der Waals surface area contributed by atoms with E-state index in [1.165, 1.54) is 37.5 Å². The predicted octanol–water partition coefficient (Wildman–Crippen LogP) is 5.62. The van der Waals surface area contributed by atoms with Crippen LogP contribution in [0.15, 0.2) is 71.1 Å². The molecule has 3 rings (SSSR count). The summed E-state index contributed by atoms with van der Waals surface area (Å²) < 4.78 is 35.8. The van der Waals surface area contributed by atoms with Crippen molar-refractivity contribution >= 4 is 51.0 Å². The summed E-state index contributed by atoms with van der Waals surface area (Å²) in [5, 5.41) is 12.3. The number of para-hydroxylation sites is 1. The Morgan fingerprint density at radius 1 is 1.06 bits per heavy atom. The second-order valence-electron chi connectivity index (χ2n) is 6.99. The lowest BCUT2D eigenvalue weighted by molar-refractivity contribution is -0.112. The molecule has 3 aromatic carbocycles. The first-order valence-electron chi connectivity index (χ1n) is 9.71. The number of hydrogen-bond acceptors (Lipinski definition) is 6. The van der Waals surface area contributed by atoms with Gasteiger partial charge in [-0.2, -0.15) is 13.7 Å². The number of methoxy groups -OCH3 is 1. The van der Waals surface area contributed by atoms with E-state index in [1.807, 2.05) is 13.0 Å². The van der Waals surface area contributed by atoms with Gasteiger partial charge in [-0.1, -0.05) is 53.0 Å². The highest BCUT2D eigenvalue weighted by atomic mass is 35.5. The van der Waals surface area contributed by atoms with Crippen molar-refractivity contribution < 1.29 is 22.1 Å². The van der Waals surface area contributed by atoms with Crippen LogP contribution in [0.4, 0.5) is 5.69 Å². The standard InChI is InChI=1S/C24H18Cl2N2O5S/c1-15-7-9-18(10-8-15)34(30,31)33-23-20(26)12-16(13-22(23)32-2)11-17(14-27)24(29)28-21-6-4-3-5-19(21)25/h3-13H,1-2H3,(H,28,29)/b17-11+. The first kappa shape index (κ1) is 25.1. The van der Waals surface area contributed by atoms with E-state index in [0.29, 0.717) is 16.3 Å². The molecule has 0 heterocycles. The highest BCUT2D eigenvalue weighted by molar-refractivity contribution is 7.87. The molecule has 10 heteroatoms. The van der Waals surface area contributed by atoms with E-state index in [1.54, 1.807) is 36.4 Å². The fraction of sp³-hybridized carbons (Fsp3) is 0.0833. The van der Waals surface area contributed by atoms with Gasteiger partial charge in [0.15, 0.2) is 5.75 Å². The lowest BCUT2D eigenvalue weighted by Crippen LogP contribution is -2.13. The average Bonchev–Trinajstić information content (AvgIpc) is 2.80. The number of nitriles is 1. The number of carbonyl (C=O) groups is 1. The Balaban J connectivity index is 1.92. The second-order valence-corrected chi connectivity index (χ2v) is 9.35. The van der Waals surface area contributed by atoms with Crippen molar-refractivity contribution in [3.63, 3.8) is 0 Å². The highest BCUT2D eigenvalue weighted by Gasteiger charge is 2.22. The van der Waals surface area contributed by atoms with Crippen LogP contribution in [0, 0.1) is 18.3 Å². The van der Waals surface area contributed by atoms with Crippen LogP contribution in [-0.2, 0) is 14.9 Å². The quantitative estimate of drug-likeness (QED) is 0.248. The smallest absolute Gasteiger partial charge is 0.339 e. The van der Waals surface area contributed by atoms with Gasteiger partial charge in [-0.3, -0.25) is 4.79 Å². The van der Waals surface area contributed by atoms with Crippen LogP contribution in [0.3, 0.4) is 0 Å². The number of nitrogens with one attached hydrogen (secondary N) is 1. The summed E-state index contributed by atoms with van der Waals surface area (Å²) in [5.74, 6) is -0.910. The van der Waals surface area contributed by atoms with Crippen molar-refractivity contribution in [2.75, 3.05) is 12.4 Å². The largest absolute Gasteiger partial charge is 0.493 e. The van der Waals surface area contributed by atoms with Crippen LogP contribution in [0.5, 0.6) is 11.5 Å². The molecule has 0 saturated carbocycles. The maximum Gasteiger partial charge on any atom is 0.339 e. The summed E-state index contributed by atoms with van der Waals surface area (Å²) >= 11 is 12.3. The molecule has 0 aromatic heterocycles. The summed E-state index contributed by atoms with van der Waals surface area (Å²) in [5.41, 5.74) is 1.31. The third kappa shape index (κ3) is 5.88. The molecule has 0 radical (unpaired) electrons. The second kappa shape index (κ2) is 10.6. The monoisotopic (exact) mass is 516 g/mol. The van der Waals surface area contributed by atoms with Gasteiger partial charge in [0.2, 0.25) is 5.75 Å². The molecule has 0 bridgehead atoms. The molecule has 0 unspecified atom stereocenters. The average molecular weight is 517 g/mol. The summed E-state index contributed by atoms with van der Waals surface area (Å²) in [6, 6.07) is 17.3. The molecule has 0 atom stereocenters. The molecule has 3 aromatic rings. The molecule has 0 spiro atoms. The van der Waals surface area contributed by atoms with Crippen molar-refractivity contribution in [3.05, 3.63) is 87.4 Å². The van der Waals surface area contributed by atoms with Crippen molar-refractivity contribution in [2.45, 2.75) is 11.8 Å². The maximum atomic E-state index is 12.7. The van der Waals surface area contributed by atoms with Gasteiger partial charge in [-0.15, -0.1) is 0 Å². The number of nitrogens with zero attached hydrogens (tertiary/aromatic N) is 1. The number of hydrogen-bond donors (Lipinski definition) is 1. The van der Waals surface area contributed by atoms with Crippen molar-refractivity contribution in [1.29, 1.82) is 5.26 Å². The molecular formula is C24H18Cl2N2O5S. The Labute approximate surface area is 207 Å². The molecule has 1 N–H and O–H groups in total. The topological polar surface area (TPSA) is 105 Å². The number of halogens is 2. The Kier molecular flexibility index (Phi) is 7.84. The SMILES string of the molecule is COc1cc(/C=C(\C#N)C(=O)Nc2ccccc2Cl)cc(Cl)c1OS(=O)(=O)c1ccc(C)cc1.